The molecule has 2 aromatic heterocycles. The van der Waals surface area contributed by atoms with Crippen molar-refractivity contribution in [1.29, 1.82) is 0 Å². The van der Waals surface area contributed by atoms with Crippen molar-refractivity contribution in [2.24, 2.45) is 0 Å². The lowest BCUT2D eigenvalue weighted by atomic mass is 10.0. The van der Waals surface area contributed by atoms with Crippen LogP contribution in [0.25, 0.3) is 21.3 Å². The number of thiophene rings is 1. The first-order chi connectivity index (χ1) is 12.3. The molecule has 0 aliphatic carbocycles. The van der Waals surface area contributed by atoms with E-state index in [-0.39, 0.29) is 18.0 Å². The smallest absolute Gasteiger partial charge is 0.331 e. The molecule has 0 aliphatic rings. The Morgan fingerprint density at radius 1 is 1.31 bits per heavy atom. The highest BCUT2D eigenvalue weighted by molar-refractivity contribution is 7.17. The molecule has 136 valence electrons. The zero-order valence-corrected chi connectivity index (χ0v) is 15.8. The van der Waals surface area contributed by atoms with Crippen molar-refractivity contribution in [3.63, 3.8) is 0 Å². The molecule has 0 amide bonds. The number of fused-ring (bicyclic) bond motifs is 1. The normalized spacial score (nSPS) is 11.7. The van der Waals surface area contributed by atoms with Gasteiger partial charge in [-0.1, -0.05) is 12.1 Å². The van der Waals surface area contributed by atoms with Crippen LogP contribution in [0.5, 0.6) is 0 Å². The Morgan fingerprint density at radius 2 is 1.96 bits per heavy atom. The molecule has 2 heterocycles. The average Bonchev–Trinajstić information content (AvgIpc) is 2.99. The van der Waals surface area contributed by atoms with Gasteiger partial charge in [0.2, 0.25) is 0 Å². The lowest BCUT2D eigenvalue weighted by Gasteiger charge is -2.26. The molecule has 0 aliphatic heterocycles. The summed E-state index contributed by atoms with van der Waals surface area (Å²) in [5.74, 6) is -0.402. The summed E-state index contributed by atoms with van der Waals surface area (Å²) >= 11 is 1.34. The summed E-state index contributed by atoms with van der Waals surface area (Å²) < 4.78 is 19.7. The topological polar surface area (TPSA) is 61.2 Å². The number of carbonyl (C=O) groups excluding carboxylic acids is 1. The molecular formula is C19H19FN2O3S. The molecule has 0 saturated carbocycles. The van der Waals surface area contributed by atoms with Crippen molar-refractivity contribution in [3.05, 3.63) is 51.6 Å². The van der Waals surface area contributed by atoms with Gasteiger partial charge in [0.25, 0.3) is 5.56 Å². The zero-order chi connectivity index (χ0) is 19.1. The Bertz CT molecular complexity index is 1040. The molecule has 5 nitrogen and oxygen atoms in total. The van der Waals surface area contributed by atoms with Crippen LogP contribution in [0.3, 0.4) is 0 Å². The van der Waals surface area contributed by atoms with Crippen molar-refractivity contribution in [2.45, 2.75) is 33.2 Å². The third-order valence-electron chi connectivity index (χ3n) is 4.26. The quantitative estimate of drug-likeness (QED) is 0.651. The number of esters is 1. The van der Waals surface area contributed by atoms with Gasteiger partial charge in [-0.05, 0) is 45.4 Å². The molecule has 3 rings (SSSR count). The first-order valence-corrected chi connectivity index (χ1v) is 9.09. The van der Waals surface area contributed by atoms with E-state index < -0.39 is 11.5 Å². The number of aryl methyl sites for hydroxylation is 1. The van der Waals surface area contributed by atoms with Crippen LogP contribution in [0.4, 0.5) is 4.39 Å². The van der Waals surface area contributed by atoms with E-state index in [4.69, 9.17) is 4.74 Å². The van der Waals surface area contributed by atoms with E-state index in [2.05, 4.69) is 4.98 Å². The lowest BCUT2D eigenvalue weighted by molar-refractivity contribution is -0.152. The Morgan fingerprint density at radius 3 is 2.58 bits per heavy atom. The van der Waals surface area contributed by atoms with Gasteiger partial charge in [-0.25, -0.2) is 14.2 Å². The van der Waals surface area contributed by atoms with E-state index in [1.165, 1.54) is 28.0 Å². The fraction of sp³-hybridized carbons (Fsp3) is 0.316. The van der Waals surface area contributed by atoms with Crippen LogP contribution >= 0.6 is 11.3 Å². The number of rotatable bonds is 4. The maximum absolute atomic E-state index is 13.3. The van der Waals surface area contributed by atoms with Crippen molar-refractivity contribution in [3.8, 4) is 11.1 Å². The highest BCUT2D eigenvalue weighted by Gasteiger charge is 2.35. The third kappa shape index (κ3) is 2.92. The van der Waals surface area contributed by atoms with Gasteiger partial charge in [-0.3, -0.25) is 9.36 Å². The minimum Gasteiger partial charge on any atom is -0.464 e. The van der Waals surface area contributed by atoms with Crippen LogP contribution in [0.1, 0.15) is 26.6 Å². The molecule has 3 aromatic rings. The number of ether oxygens (including phenoxy) is 1. The third-order valence-corrected chi connectivity index (χ3v) is 5.14. The second-order valence-corrected chi connectivity index (χ2v) is 7.27. The van der Waals surface area contributed by atoms with Gasteiger partial charge in [-0.2, -0.15) is 0 Å². The van der Waals surface area contributed by atoms with E-state index in [0.29, 0.717) is 21.6 Å². The monoisotopic (exact) mass is 374 g/mol. The largest absolute Gasteiger partial charge is 0.464 e. The first-order valence-electron chi connectivity index (χ1n) is 8.22. The number of aromatic nitrogens is 2. The zero-order valence-electron chi connectivity index (χ0n) is 15.0. The van der Waals surface area contributed by atoms with Gasteiger partial charge in [0, 0.05) is 10.9 Å². The number of halogens is 1. The minimum atomic E-state index is -1.19. The maximum atomic E-state index is 13.3. The molecule has 0 N–H and O–H groups in total. The predicted octanol–water partition coefficient (Wildman–Crippen LogP) is 3.87. The van der Waals surface area contributed by atoms with Crippen molar-refractivity contribution in [2.75, 3.05) is 6.61 Å². The van der Waals surface area contributed by atoms with Gasteiger partial charge in [0.15, 0.2) is 0 Å². The fourth-order valence-electron chi connectivity index (χ4n) is 2.99. The van der Waals surface area contributed by atoms with Crippen LogP contribution in [-0.4, -0.2) is 22.1 Å². The molecule has 26 heavy (non-hydrogen) atoms. The van der Waals surface area contributed by atoms with E-state index >= 15 is 0 Å². The first kappa shape index (κ1) is 18.3. The molecule has 0 radical (unpaired) electrons. The summed E-state index contributed by atoms with van der Waals surface area (Å²) in [6, 6.07) is 5.94. The van der Waals surface area contributed by atoms with Gasteiger partial charge >= 0.3 is 5.97 Å². The Kier molecular flexibility index (Phi) is 4.66. The van der Waals surface area contributed by atoms with E-state index in [1.54, 1.807) is 39.8 Å². The van der Waals surface area contributed by atoms with Crippen LogP contribution in [0.2, 0.25) is 0 Å². The number of hydrogen-bond donors (Lipinski definition) is 0. The molecule has 7 heteroatoms. The highest BCUT2D eigenvalue weighted by Crippen LogP contribution is 2.32. The summed E-state index contributed by atoms with van der Waals surface area (Å²) in [5.41, 5.74) is -0.108. The minimum absolute atomic E-state index is 0.227. The predicted molar refractivity (Wildman–Crippen MR) is 100.0 cm³/mol. The Labute approximate surface area is 154 Å². The summed E-state index contributed by atoms with van der Waals surface area (Å²) in [6.07, 6.45) is 0. The molecule has 1 aromatic carbocycles. The van der Waals surface area contributed by atoms with Gasteiger partial charge in [-0.15, -0.1) is 11.3 Å². The standard InChI is InChI=1S/C19H19FN2O3S/c1-5-25-18(24)19(3,4)22-11(2)21-16-15(17(22)23)14(10-26-16)12-6-8-13(20)9-7-12/h6-10H,5H2,1-4H3. The van der Waals surface area contributed by atoms with Crippen LogP contribution in [0.15, 0.2) is 34.4 Å². The molecule has 0 saturated heterocycles. The summed E-state index contributed by atoms with van der Waals surface area (Å²) in [6.45, 7) is 6.91. The number of nitrogens with zero attached hydrogens (tertiary/aromatic N) is 2. The molecule has 0 spiro atoms. The molecule has 0 unspecified atom stereocenters. The van der Waals surface area contributed by atoms with Crippen LogP contribution < -0.4 is 5.56 Å². The lowest BCUT2D eigenvalue weighted by Crippen LogP contribution is -2.45. The number of benzene rings is 1. The Balaban J connectivity index is 2.27. The van der Waals surface area contributed by atoms with Crippen molar-refractivity contribution < 1.29 is 13.9 Å². The maximum Gasteiger partial charge on any atom is 0.331 e. The van der Waals surface area contributed by atoms with Gasteiger partial charge in [0.1, 0.15) is 22.0 Å². The Hall–Kier alpha value is -2.54. The van der Waals surface area contributed by atoms with Crippen molar-refractivity contribution >= 4 is 27.5 Å². The molecule has 0 bridgehead atoms. The van der Waals surface area contributed by atoms with Crippen molar-refractivity contribution in [1.82, 2.24) is 9.55 Å². The number of carbonyl (C=O) groups is 1. The van der Waals surface area contributed by atoms with E-state index in [1.807, 2.05) is 5.38 Å². The average molecular weight is 374 g/mol. The summed E-state index contributed by atoms with van der Waals surface area (Å²) in [7, 11) is 0. The second-order valence-electron chi connectivity index (χ2n) is 6.42. The molecule has 0 fully saturated rings. The summed E-state index contributed by atoms with van der Waals surface area (Å²) in [4.78, 5) is 30.8. The van der Waals surface area contributed by atoms with Gasteiger partial charge < -0.3 is 4.74 Å². The van der Waals surface area contributed by atoms with Crippen LogP contribution in [-0.2, 0) is 15.1 Å². The summed E-state index contributed by atoms with van der Waals surface area (Å²) in [5, 5.41) is 2.25. The van der Waals surface area contributed by atoms with Gasteiger partial charge in [0.05, 0.1) is 12.0 Å². The second kappa shape index (κ2) is 6.64. The molecule has 0 atom stereocenters. The van der Waals surface area contributed by atoms with Crippen LogP contribution in [0, 0.1) is 12.7 Å². The SMILES string of the molecule is CCOC(=O)C(C)(C)n1c(C)nc2scc(-c3ccc(F)cc3)c2c1=O. The van der Waals surface area contributed by atoms with E-state index in [9.17, 15) is 14.0 Å². The number of hydrogen-bond acceptors (Lipinski definition) is 5. The fourth-order valence-corrected chi connectivity index (χ4v) is 3.97. The highest BCUT2D eigenvalue weighted by atomic mass is 32.1. The molecular weight excluding hydrogens is 355 g/mol. The van der Waals surface area contributed by atoms with E-state index in [0.717, 1.165) is 5.56 Å².